The summed E-state index contributed by atoms with van der Waals surface area (Å²) in [5.41, 5.74) is -1.07. The van der Waals surface area contributed by atoms with Crippen molar-refractivity contribution in [3.05, 3.63) is 0 Å². The highest BCUT2D eigenvalue weighted by molar-refractivity contribution is 6.10. The first kappa shape index (κ1) is 16.1. The number of ketones is 4. The van der Waals surface area contributed by atoms with Crippen molar-refractivity contribution in [1.29, 1.82) is 0 Å². The molecule has 0 aliphatic heterocycles. The quantitative estimate of drug-likeness (QED) is 0.733. The second-order valence-electron chi connectivity index (χ2n) is 7.77. The van der Waals surface area contributed by atoms with Crippen molar-refractivity contribution in [2.24, 2.45) is 22.7 Å². The molecule has 0 aromatic heterocycles. The van der Waals surface area contributed by atoms with Crippen LogP contribution >= 0.6 is 0 Å². The Hall–Kier alpha value is -1.32. The topological polar surface area (TPSA) is 68.3 Å². The smallest absolute Gasteiger partial charge is 0.148 e. The summed E-state index contributed by atoms with van der Waals surface area (Å²) in [4.78, 5) is 49.1. The maximum Gasteiger partial charge on any atom is 0.148 e. The molecule has 2 atom stereocenters. The maximum atomic E-state index is 12.5. The molecule has 0 aromatic carbocycles. The lowest BCUT2D eigenvalue weighted by Crippen LogP contribution is -2.46. The van der Waals surface area contributed by atoms with Gasteiger partial charge in [0.2, 0.25) is 0 Å². The summed E-state index contributed by atoms with van der Waals surface area (Å²) in [6, 6.07) is 0. The Kier molecular flexibility index (Phi) is 3.94. The van der Waals surface area contributed by atoms with Gasteiger partial charge in [0.1, 0.15) is 23.1 Å². The lowest BCUT2D eigenvalue weighted by molar-refractivity contribution is -0.147. The number of rotatable bonds is 2. The zero-order valence-electron chi connectivity index (χ0n) is 13.3. The van der Waals surface area contributed by atoms with E-state index in [1.54, 1.807) is 0 Å². The Bertz CT molecular complexity index is 467. The van der Waals surface area contributed by atoms with E-state index in [0.717, 1.165) is 0 Å². The summed E-state index contributed by atoms with van der Waals surface area (Å²) in [7, 11) is 0. The third-order valence-electron chi connectivity index (χ3n) is 5.21. The highest BCUT2D eigenvalue weighted by atomic mass is 16.2. The minimum Gasteiger partial charge on any atom is -0.299 e. The number of Topliss-reactive ketones (excluding diaryl/α,β-unsaturated/α-hetero) is 4. The molecular weight excluding hydrogens is 268 g/mol. The summed E-state index contributed by atoms with van der Waals surface area (Å²) in [6.45, 7) is 7.35. The molecule has 0 N–H and O–H groups in total. The molecule has 116 valence electrons. The van der Waals surface area contributed by atoms with Crippen molar-refractivity contribution in [2.45, 2.75) is 59.8 Å². The van der Waals surface area contributed by atoms with Crippen LogP contribution in [0.2, 0.25) is 0 Å². The van der Waals surface area contributed by atoms with Crippen LogP contribution in [0, 0.1) is 22.7 Å². The average molecular weight is 292 g/mol. The molecule has 2 unspecified atom stereocenters. The second kappa shape index (κ2) is 5.15. The van der Waals surface area contributed by atoms with Gasteiger partial charge in [-0.2, -0.15) is 0 Å². The van der Waals surface area contributed by atoms with Crippen molar-refractivity contribution < 1.29 is 19.2 Å². The normalized spacial score (nSPS) is 32.4. The van der Waals surface area contributed by atoms with E-state index in [1.165, 1.54) is 0 Å². The van der Waals surface area contributed by atoms with Gasteiger partial charge in [-0.1, -0.05) is 27.7 Å². The van der Waals surface area contributed by atoms with E-state index < -0.39 is 22.7 Å². The van der Waals surface area contributed by atoms with Gasteiger partial charge in [0.15, 0.2) is 0 Å². The van der Waals surface area contributed by atoms with Crippen LogP contribution in [0.25, 0.3) is 0 Å². The van der Waals surface area contributed by atoms with Crippen LogP contribution < -0.4 is 0 Å². The van der Waals surface area contributed by atoms with E-state index in [-0.39, 0.29) is 29.6 Å². The highest BCUT2D eigenvalue weighted by Crippen LogP contribution is 2.40. The first-order valence-corrected chi connectivity index (χ1v) is 7.70. The monoisotopic (exact) mass is 292 g/mol. The zero-order chi connectivity index (χ0) is 16.0. The number of hydrogen-bond acceptors (Lipinski definition) is 4. The number of carbonyl (C=O) groups is 4. The number of carbonyl (C=O) groups excluding carboxylic acids is 4. The Morgan fingerprint density at radius 2 is 1.10 bits per heavy atom. The first-order valence-electron chi connectivity index (χ1n) is 7.70. The molecule has 0 heterocycles. The fourth-order valence-electron chi connectivity index (χ4n) is 3.41. The highest BCUT2D eigenvalue weighted by Gasteiger charge is 2.48. The summed E-state index contributed by atoms with van der Waals surface area (Å²) >= 11 is 0. The predicted molar refractivity (Wildman–Crippen MR) is 77.7 cm³/mol. The van der Waals surface area contributed by atoms with Gasteiger partial charge >= 0.3 is 0 Å². The van der Waals surface area contributed by atoms with Gasteiger partial charge in [0, 0.05) is 23.7 Å². The molecule has 2 rings (SSSR count). The van der Waals surface area contributed by atoms with Crippen molar-refractivity contribution in [3.63, 3.8) is 0 Å². The summed E-state index contributed by atoms with van der Waals surface area (Å²) in [6.07, 6.45) is 1.92. The molecule has 0 bridgehead atoms. The fraction of sp³-hybridized carbons (Fsp3) is 0.765. The minimum atomic E-state index is -0.777. The van der Waals surface area contributed by atoms with Gasteiger partial charge in [-0.25, -0.2) is 0 Å². The lowest BCUT2D eigenvalue weighted by Gasteiger charge is -2.37. The van der Waals surface area contributed by atoms with Crippen molar-refractivity contribution in [3.8, 4) is 0 Å². The fourth-order valence-corrected chi connectivity index (χ4v) is 3.41. The third-order valence-corrected chi connectivity index (χ3v) is 5.21. The Balaban J connectivity index is 2.22. The van der Waals surface area contributed by atoms with Gasteiger partial charge in [-0.3, -0.25) is 19.2 Å². The van der Waals surface area contributed by atoms with Crippen LogP contribution in [0.4, 0.5) is 0 Å². The van der Waals surface area contributed by atoms with E-state index >= 15 is 0 Å². The summed E-state index contributed by atoms with van der Waals surface area (Å²) in [5, 5.41) is 0. The Morgan fingerprint density at radius 3 is 1.43 bits per heavy atom. The maximum absolute atomic E-state index is 12.5. The van der Waals surface area contributed by atoms with Gasteiger partial charge in [-0.05, 0) is 19.3 Å². The molecule has 2 fully saturated rings. The second-order valence-corrected chi connectivity index (χ2v) is 7.77. The van der Waals surface area contributed by atoms with Crippen molar-refractivity contribution in [1.82, 2.24) is 0 Å². The largest absolute Gasteiger partial charge is 0.299 e. The average Bonchev–Trinajstić information content (AvgIpc) is 2.39. The van der Waals surface area contributed by atoms with Crippen LogP contribution in [0.3, 0.4) is 0 Å². The molecule has 2 aliphatic carbocycles. The van der Waals surface area contributed by atoms with Crippen LogP contribution in [0.15, 0.2) is 0 Å². The Labute approximate surface area is 125 Å². The van der Waals surface area contributed by atoms with Gasteiger partial charge in [-0.15, -0.1) is 0 Å². The molecule has 4 nitrogen and oxygen atoms in total. The number of hydrogen-bond donors (Lipinski definition) is 0. The van der Waals surface area contributed by atoms with Crippen LogP contribution in [-0.2, 0) is 19.2 Å². The molecule has 0 saturated heterocycles. The third kappa shape index (κ3) is 2.85. The van der Waals surface area contributed by atoms with E-state index in [1.807, 2.05) is 27.7 Å². The standard InChI is InChI=1S/C17H24O4/c1-16(2)7-5-12(18)10(14(16)20)9-11-13(19)6-8-17(3,4)15(11)21/h10-11H,5-9H2,1-4H3. The van der Waals surface area contributed by atoms with Crippen LogP contribution in [0.1, 0.15) is 59.8 Å². The molecule has 21 heavy (non-hydrogen) atoms. The molecule has 0 radical (unpaired) electrons. The molecule has 0 amide bonds. The van der Waals surface area contributed by atoms with Gasteiger partial charge in [0.25, 0.3) is 0 Å². The van der Waals surface area contributed by atoms with E-state index in [0.29, 0.717) is 25.7 Å². The zero-order valence-corrected chi connectivity index (χ0v) is 13.3. The summed E-state index contributed by atoms with van der Waals surface area (Å²) in [5.74, 6) is -1.99. The van der Waals surface area contributed by atoms with Crippen molar-refractivity contribution >= 4 is 23.1 Å². The molecule has 2 aliphatic rings. The SMILES string of the molecule is CC1(C)CCC(=O)C(CC2C(=O)CCC(C)(C)C2=O)C1=O. The van der Waals surface area contributed by atoms with E-state index in [9.17, 15) is 19.2 Å². The van der Waals surface area contributed by atoms with E-state index in [2.05, 4.69) is 0 Å². The summed E-state index contributed by atoms with van der Waals surface area (Å²) < 4.78 is 0. The lowest BCUT2D eigenvalue weighted by atomic mass is 9.63. The molecule has 0 aromatic rings. The Morgan fingerprint density at radius 1 is 0.762 bits per heavy atom. The van der Waals surface area contributed by atoms with Gasteiger partial charge < -0.3 is 0 Å². The van der Waals surface area contributed by atoms with Crippen LogP contribution in [0.5, 0.6) is 0 Å². The van der Waals surface area contributed by atoms with Gasteiger partial charge in [0.05, 0.1) is 11.8 Å². The first-order chi connectivity index (χ1) is 9.56. The molecule has 2 saturated carbocycles. The van der Waals surface area contributed by atoms with E-state index in [4.69, 9.17) is 0 Å². The predicted octanol–water partition coefficient (Wildman–Crippen LogP) is 2.53. The minimum absolute atomic E-state index is 0.0855. The van der Waals surface area contributed by atoms with Crippen LogP contribution in [-0.4, -0.2) is 23.1 Å². The van der Waals surface area contributed by atoms with Crippen molar-refractivity contribution in [2.75, 3.05) is 0 Å². The molecular formula is C17H24O4. The molecule has 4 heteroatoms. The molecule has 0 spiro atoms.